The fourth-order valence-corrected chi connectivity index (χ4v) is 2.56. The summed E-state index contributed by atoms with van der Waals surface area (Å²) in [6.07, 6.45) is 1.74. The highest BCUT2D eigenvalue weighted by Crippen LogP contribution is 2.31. The molecule has 0 aliphatic carbocycles. The average Bonchev–Trinajstić information content (AvgIpc) is 2.38. The number of sulfone groups is 1. The molecule has 0 amide bonds. The monoisotopic (exact) mass is 287 g/mol. The molecule has 0 spiro atoms. The van der Waals surface area contributed by atoms with Crippen molar-refractivity contribution in [2.45, 2.75) is 12.5 Å². The van der Waals surface area contributed by atoms with E-state index in [1.165, 1.54) is 6.26 Å². The number of hydrogen-bond donors (Lipinski definition) is 1. The Morgan fingerprint density at radius 2 is 1.95 bits per heavy atom. The van der Waals surface area contributed by atoms with Gasteiger partial charge in [-0.25, -0.2) is 8.42 Å². The van der Waals surface area contributed by atoms with Crippen LogP contribution in [0.25, 0.3) is 0 Å². The molecule has 0 aromatic heterocycles. The predicted molar refractivity (Wildman–Crippen MR) is 75.7 cm³/mol. The molecule has 1 unspecified atom stereocenters. The zero-order valence-electron chi connectivity index (χ0n) is 11.8. The van der Waals surface area contributed by atoms with Crippen molar-refractivity contribution in [3.63, 3.8) is 0 Å². The van der Waals surface area contributed by atoms with Crippen LogP contribution in [-0.4, -0.2) is 41.7 Å². The molecule has 0 fully saturated rings. The van der Waals surface area contributed by atoms with Crippen LogP contribution in [0.2, 0.25) is 0 Å². The van der Waals surface area contributed by atoms with Gasteiger partial charge in [0.1, 0.15) is 21.3 Å². The van der Waals surface area contributed by atoms with Gasteiger partial charge in [-0.3, -0.25) is 0 Å². The average molecular weight is 287 g/mol. The van der Waals surface area contributed by atoms with E-state index >= 15 is 0 Å². The fraction of sp³-hybridized carbons (Fsp3) is 0.538. The number of hydrogen-bond acceptors (Lipinski definition) is 5. The zero-order valence-corrected chi connectivity index (χ0v) is 12.6. The van der Waals surface area contributed by atoms with Gasteiger partial charge < -0.3 is 14.8 Å². The van der Waals surface area contributed by atoms with Crippen LogP contribution in [0.3, 0.4) is 0 Å². The van der Waals surface area contributed by atoms with Crippen LogP contribution >= 0.6 is 0 Å². The van der Waals surface area contributed by atoms with Crippen molar-refractivity contribution in [2.75, 3.05) is 33.3 Å². The first-order valence-corrected chi connectivity index (χ1v) is 8.04. The number of ether oxygens (including phenoxy) is 2. The van der Waals surface area contributed by atoms with E-state index in [1.807, 2.05) is 12.1 Å². The summed E-state index contributed by atoms with van der Waals surface area (Å²) in [6.45, 7) is 0. The Balaban J connectivity index is 2.97. The lowest BCUT2D eigenvalue weighted by molar-refractivity contribution is 0.385. The van der Waals surface area contributed by atoms with Crippen LogP contribution in [0.15, 0.2) is 18.2 Å². The summed E-state index contributed by atoms with van der Waals surface area (Å²) >= 11 is 0. The Morgan fingerprint density at radius 1 is 1.26 bits per heavy atom. The maximum absolute atomic E-state index is 11.3. The number of rotatable bonds is 7. The maximum Gasteiger partial charge on any atom is 0.147 e. The second-order valence-electron chi connectivity index (χ2n) is 4.37. The first-order valence-electron chi connectivity index (χ1n) is 5.98. The molecule has 0 saturated heterocycles. The Kier molecular flexibility index (Phi) is 5.62. The van der Waals surface area contributed by atoms with Crippen molar-refractivity contribution in [2.24, 2.45) is 0 Å². The number of nitrogens with one attached hydrogen (secondary N) is 1. The zero-order chi connectivity index (χ0) is 14.5. The van der Waals surface area contributed by atoms with Crippen molar-refractivity contribution in [1.29, 1.82) is 0 Å². The van der Waals surface area contributed by atoms with E-state index in [0.29, 0.717) is 17.9 Å². The van der Waals surface area contributed by atoms with Crippen LogP contribution in [0.5, 0.6) is 11.5 Å². The summed E-state index contributed by atoms with van der Waals surface area (Å²) in [5, 5.41) is 3.12. The standard InChI is InChI=1S/C13H21NO4S/c1-14-12(7-8-19(4,15)16)11-6-5-10(17-2)9-13(11)18-3/h5-6,9,12,14H,7-8H2,1-4H3. The summed E-state index contributed by atoms with van der Waals surface area (Å²) in [5.74, 6) is 1.53. The van der Waals surface area contributed by atoms with Crippen LogP contribution < -0.4 is 14.8 Å². The van der Waals surface area contributed by atoms with E-state index in [4.69, 9.17) is 9.47 Å². The second-order valence-corrected chi connectivity index (χ2v) is 6.63. The van der Waals surface area contributed by atoms with E-state index in [-0.39, 0.29) is 11.8 Å². The Hall–Kier alpha value is -1.27. The highest BCUT2D eigenvalue weighted by Gasteiger charge is 2.17. The molecular formula is C13H21NO4S. The molecule has 19 heavy (non-hydrogen) atoms. The Labute approximate surface area is 114 Å². The lowest BCUT2D eigenvalue weighted by Gasteiger charge is -2.19. The van der Waals surface area contributed by atoms with E-state index in [9.17, 15) is 8.42 Å². The molecule has 6 heteroatoms. The minimum absolute atomic E-state index is 0.0735. The van der Waals surface area contributed by atoms with E-state index < -0.39 is 9.84 Å². The summed E-state index contributed by atoms with van der Waals surface area (Å²) in [5.41, 5.74) is 0.925. The van der Waals surface area contributed by atoms with Crippen molar-refractivity contribution < 1.29 is 17.9 Å². The van der Waals surface area contributed by atoms with Crippen molar-refractivity contribution in [3.05, 3.63) is 23.8 Å². The van der Waals surface area contributed by atoms with Crippen molar-refractivity contribution in [3.8, 4) is 11.5 Å². The highest BCUT2D eigenvalue weighted by atomic mass is 32.2. The first kappa shape index (κ1) is 15.8. The van der Waals surface area contributed by atoms with Crippen LogP contribution in [0.4, 0.5) is 0 Å². The van der Waals surface area contributed by atoms with E-state index in [0.717, 1.165) is 5.56 Å². The molecule has 0 saturated carbocycles. The van der Waals surface area contributed by atoms with Crippen molar-refractivity contribution in [1.82, 2.24) is 5.32 Å². The van der Waals surface area contributed by atoms with Gasteiger partial charge in [-0.15, -0.1) is 0 Å². The number of methoxy groups -OCH3 is 2. The lowest BCUT2D eigenvalue weighted by atomic mass is 10.0. The third kappa shape index (κ3) is 4.72. The summed E-state index contributed by atoms with van der Waals surface area (Å²) < 4.78 is 33.0. The third-order valence-corrected chi connectivity index (χ3v) is 3.92. The van der Waals surface area contributed by atoms with Gasteiger partial charge in [0, 0.05) is 23.9 Å². The minimum atomic E-state index is -2.98. The quantitative estimate of drug-likeness (QED) is 0.821. The molecule has 1 aromatic carbocycles. The largest absolute Gasteiger partial charge is 0.497 e. The molecule has 0 aliphatic heterocycles. The molecule has 0 bridgehead atoms. The van der Waals surface area contributed by atoms with Gasteiger partial charge in [0.15, 0.2) is 0 Å². The molecule has 1 N–H and O–H groups in total. The molecular weight excluding hydrogens is 266 g/mol. The predicted octanol–water partition coefficient (Wildman–Crippen LogP) is 1.40. The second kappa shape index (κ2) is 6.77. The minimum Gasteiger partial charge on any atom is -0.497 e. The number of benzene rings is 1. The molecule has 5 nitrogen and oxygen atoms in total. The fourth-order valence-electron chi connectivity index (χ4n) is 1.89. The maximum atomic E-state index is 11.3. The van der Waals surface area contributed by atoms with Gasteiger partial charge in [-0.2, -0.15) is 0 Å². The molecule has 108 valence electrons. The first-order chi connectivity index (χ1) is 8.91. The SMILES string of the molecule is CNC(CCS(C)(=O)=O)c1ccc(OC)cc1OC. The van der Waals surface area contributed by atoms with E-state index in [1.54, 1.807) is 27.3 Å². The van der Waals surface area contributed by atoms with Gasteiger partial charge in [0.05, 0.1) is 20.0 Å². The normalized spacial score (nSPS) is 13.1. The molecule has 0 radical (unpaired) electrons. The Bertz CT molecular complexity index is 513. The highest BCUT2D eigenvalue weighted by molar-refractivity contribution is 7.90. The summed E-state index contributed by atoms with van der Waals surface area (Å²) in [6, 6.07) is 5.44. The van der Waals surface area contributed by atoms with Crippen LogP contribution in [0.1, 0.15) is 18.0 Å². The molecule has 1 rings (SSSR count). The van der Waals surface area contributed by atoms with Gasteiger partial charge in [0.25, 0.3) is 0 Å². The van der Waals surface area contributed by atoms with Gasteiger partial charge >= 0.3 is 0 Å². The molecule has 1 atom stereocenters. The van der Waals surface area contributed by atoms with Gasteiger partial charge in [-0.05, 0) is 19.5 Å². The topological polar surface area (TPSA) is 64.6 Å². The summed E-state index contributed by atoms with van der Waals surface area (Å²) in [7, 11) is 2.00. The molecule has 0 heterocycles. The smallest absolute Gasteiger partial charge is 0.147 e. The van der Waals surface area contributed by atoms with E-state index in [2.05, 4.69) is 5.32 Å². The van der Waals surface area contributed by atoms with Crippen LogP contribution in [-0.2, 0) is 9.84 Å². The van der Waals surface area contributed by atoms with Crippen molar-refractivity contribution >= 4 is 9.84 Å². The molecule has 0 aliphatic rings. The molecule has 1 aromatic rings. The van der Waals surface area contributed by atoms with Gasteiger partial charge in [-0.1, -0.05) is 6.07 Å². The van der Waals surface area contributed by atoms with Gasteiger partial charge in [0.2, 0.25) is 0 Å². The third-order valence-electron chi connectivity index (χ3n) is 2.94. The van der Waals surface area contributed by atoms with Crippen LogP contribution in [0, 0.1) is 0 Å². The summed E-state index contributed by atoms with van der Waals surface area (Å²) in [4.78, 5) is 0. The lowest BCUT2D eigenvalue weighted by Crippen LogP contribution is -2.20. The Morgan fingerprint density at radius 3 is 2.42 bits per heavy atom.